The summed E-state index contributed by atoms with van der Waals surface area (Å²) in [5, 5.41) is 9.29. The molecule has 0 radical (unpaired) electrons. The van der Waals surface area contributed by atoms with Crippen LogP contribution in [0.3, 0.4) is 0 Å². The molecule has 1 aromatic rings. The molecule has 66 valence electrons. The molecule has 0 aliphatic carbocycles. The number of imidazole rings is 1. The molecule has 2 N–H and O–H groups in total. The van der Waals surface area contributed by atoms with Crippen LogP contribution in [0.1, 0.15) is 19.0 Å². The molecule has 1 heterocycles. The Morgan fingerprint density at radius 1 is 1.83 bits per heavy atom. The lowest BCUT2D eigenvalue weighted by molar-refractivity contribution is -0.126. The Morgan fingerprint density at radius 3 is 3.08 bits per heavy atom. The molecule has 1 rings (SSSR count). The van der Waals surface area contributed by atoms with Gasteiger partial charge in [0.1, 0.15) is 6.10 Å². The number of hydrogen-bond acceptors (Lipinski definition) is 3. The van der Waals surface area contributed by atoms with Crippen molar-refractivity contribution < 1.29 is 9.90 Å². The molecule has 0 spiro atoms. The minimum absolute atomic E-state index is 0.141. The van der Waals surface area contributed by atoms with Gasteiger partial charge in [0, 0.05) is 19.0 Å². The number of Topliss-reactive ketones (excluding diaryl/α,β-unsaturated/α-hetero) is 1. The van der Waals surface area contributed by atoms with Crippen molar-refractivity contribution in [3.8, 4) is 0 Å². The maximum absolute atomic E-state index is 11.0. The van der Waals surface area contributed by atoms with E-state index < -0.39 is 6.10 Å². The predicted molar refractivity (Wildman–Crippen MR) is 43.6 cm³/mol. The summed E-state index contributed by atoms with van der Waals surface area (Å²) in [6.07, 6.45) is 2.96. The van der Waals surface area contributed by atoms with Gasteiger partial charge in [0.25, 0.3) is 0 Å². The highest BCUT2D eigenvalue weighted by atomic mass is 16.3. The Kier molecular flexibility index (Phi) is 2.99. The Labute approximate surface area is 70.6 Å². The van der Waals surface area contributed by atoms with Crippen LogP contribution in [0, 0.1) is 0 Å². The number of carbonyl (C=O) groups excluding carboxylic acids is 1. The fraction of sp³-hybridized carbons (Fsp3) is 0.500. The molecule has 12 heavy (non-hydrogen) atoms. The smallest absolute Gasteiger partial charge is 0.161 e. The molecule has 0 unspecified atom stereocenters. The highest BCUT2D eigenvalue weighted by Crippen LogP contribution is 2.00. The van der Waals surface area contributed by atoms with Crippen LogP contribution in [-0.2, 0) is 11.2 Å². The Hall–Kier alpha value is -1.16. The van der Waals surface area contributed by atoms with Crippen LogP contribution < -0.4 is 0 Å². The topological polar surface area (TPSA) is 66.0 Å². The van der Waals surface area contributed by atoms with Crippen LogP contribution in [-0.4, -0.2) is 27.0 Å². The number of aliphatic hydroxyl groups is 1. The van der Waals surface area contributed by atoms with Gasteiger partial charge in [-0.05, 0) is 0 Å². The first-order valence-corrected chi connectivity index (χ1v) is 3.92. The van der Waals surface area contributed by atoms with Crippen LogP contribution in [0.15, 0.2) is 12.5 Å². The summed E-state index contributed by atoms with van der Waals surface area (Å²) < 4.78 is 0. The largest absolute Gasteiger partial charge is 0.385 e. The van der Waals surface area contributed by atoms with Gasteiger partial charge in [0.2, 0.25) is 0 Å². The van der Waals surface area contributed by atoms with Gasteiger partial charge in [-0.1, -0.05) is 6.92 Å². The minimum Gasteiger partial charge on any atom is -0.385 e. The summed E-state index contributed by atoms with van der Waals surface area (Å²) in [6.45, 7) is 1.73. The Bertz CT molecular complexity index is 244. The van der Waals surface area contributed by atoms with Crippen molar-refractivity contribution in [3.63, 3.8) is 0 Å². The predicted octanol–water partition coefficient (Wildman–Crippen LogP) is 0.292. The first kappa shape index (κ1) is 8.93. The van der Waals surface area contributed by atoms with E-state index in [9.17, 15) is 9.90 Å². The maximum Gasteiger partial charge on any atom is 0.161 e. The van der Waals surface area contributed by atoms with Gasteiger partial charge >= 0.3 is 0 Å². The third-order valence-electron chi connectivity index (χ3n) is 1.68. The Morgan fingerprint density at radius 2 is 2.58 bits per heavy atom. The van der Waals surface area contributed by atoms with Crippen molar-refractivity contribution in [1.29, 1.82) is 0 Å². The average Bonchev–Trinajstić information content (AvgIpc) is 2.55. The molecular formula is C8H12N2O2. The molecule has 0 saturated carbocycles. The molecule has 4 heteroatoms. The molecule has 0 aliphatic heterocycles. The van der Waals surface area contributed by atoms with Crippen molar-refractivity contribution in [2.75, 3.05) is 0 Å². The first-order chi connectivity index (χ1) is 5.74. The quantitative estimate of drug-likeness (QED) is 0.679. The van der Waals surface area contributed by atoms with E-state index in [4.69, 9.17) is 0 Å². The Balaban J connectivity index is 2.47. The highest BCUT2D eigenvalue weighted by Gasteiger charge is 2.13. The second-order valence-corrected chi connectivity index (χ2v) is 2.60. The lowest BCUT2D eigenvalue weighted by atomic mass is 10.1. The van der Waals surface area contributed by atoms with Gasteiger partial charge in [0.05, 0.1) is 12.0 Å². The number of ketones is 1. The molecule has 4 nitrogen and oxygen atoms in total. The zero-order valence-corrected chi connectivity index (χ0v) is 6.95. The van der Waals surface area contributed by atoms with E-state index in [0.717, 1.165) is 0 Å². The number of aliphatic hydroxyl groups excluding tert-OH is 1. The second-order valence-electron chi connectivity index (χ2n) is 2.60. The van der Waals surface area contributed by atoms with Gasteiger partial charge in [0.15, 0.2) is 5.78 Å². The summed E-state index contributed by atoms with van der Waals surface area (Å²) in [7, 11) is 0. The lowest BCUT2D eigenvalue weighted by Crippen LogP contribution is -2.21. The van der Waals surface area contributed by atoms with E-state index >= 15 is 0 Å². The molecule has 0 amide bonds. The zero-order chi connectivity index (χ0) is 8.97. The number of carbonyl (C=O) groups is 1. The molecule has 0 bridgehead atoms. The summed E-state index contributed by atoms with van der Waals surface area (Å²) in [4.78, 5) is 17.6. The van der Waals surface area contributed by atoms with Crippen LogP contribution in [0.25, 0.3) is 0 Å². The summed E-state index contributed by atoms with van der Waals surface area (Å²) in [5.74, 6) is -0.141. The normalized spacial score (nSPS) is 12.8. The van der Waals surface area contributed by atoms with Gasteiger partial charge in [-0.25, -0.2) is 4.98 Å². The van der Waals surface area contributed by atoms with Crippen molar-refractivity contribution in [1.82, 2.24) is 9.97 Å². The monoisotopic (exact) mass is 168 g/mol. The first-order valence-electron chi connectivity index (χ1n) is 3.92. The highest BCUT2D eigenvalue weighted by molar-refractivity contribution is 5.82. The van der Waals surface area contributed by atoms with Gasteiger partial charge in [-0.3, -0.25) is 4.79 Å². The molecular weight excluding hydrogens is 156 g/mol. The average molecular weight is 168 g/mol. The van der Waals surface area contributed by atoms with E-state index in [-0.39, 0.29) is 5.78 Å². The molecule has 0 aromatic carbocycles. The molecule has 1 atom stereocenters. The fourth-order valence-corrected chi connectivity index (χ4v) is 0.950. The van der Waals surface area contributed by atoms with Gasteiger partial charge in [-0.15, -0.1) is 0 Å². The van der Waals surface area contributed by atoms with Crippen molar-refractivity contribution >= 4 is 5.78 Å². The van der Waals surface area contributed by atoms with Crippen molar-refractivity contribution in [2.24, 2.45) is 0 Å². The molecule has 1 aromatic heterocycles. The molecule has 0 fully saturated rings. The van der Waals surface area contributed by atoms with Crippen LogP contribution in [0.4, 0.5) is 0 Å². The number of H-pyrrole nitrogens is 1. The van der Waals surface area contributed by atoms with Gasteiger partial charge < -0.3 is 10.1 Å². The van der Waals surface area contributed by atoms with Gasteiger partial charge in [-0.2, -0.15) is 0 Å². The molecule has 0 saturated heterocycles. The maximum atomic E-state index is 11.0. The van der Waals surface area contributed by atoms with E-state index in [1.165, 1.54) is 6.33 Å². The number of rotatable bonds is 4. The number of aromatic amines is 1. The fourth-order valence-electron chi connectivity index (χ4n) is 0.950. The third kappa shape index (κ3) is 2.17. The number of nitrogens with one attached hydrogen (secondary N) is 1. The molecule has 0 aliphatic rings. The van der Waals surface area contributed by atoms with Crippen LogP contribution in [0.2, 0.25) is 0 Å². The SMILES string of the molecule is CCC(=O)[C@@H](O)Cc1c[nH]cn1. The van der Waals surface area contributed by atoms with E-state index in [0.29, 0.717) is 18.5 Å². The van der Waals surface area contributed by atoms with Crippen molar-refractivity contribution in [3.05, 3.63) is 18.2 Å². The van der Waals surface area contributed by atoms with E-state index in [1.807, 2.05) is 0 Å². The standard InChI is InChI=1S/C8H12N2O2/c1-2-7(11)8(12)3-6-4-9-5-10-6/h4-5,8,12H,2-3H2,1H3,(H,9,10)/t8-/m0/s1. The van der Waals surface area contributed by atoms with Crippen LogP contribution in [0.5, 0.6) is 0 Å². The number of aromatic nitrogens is 2. The number of hydrogen-bond donors (Lipinski definition) is 2. The summed E-state index contributed by atoms with van der Waals surface area (Å²) >= 11 is 0. The third-order valence-corrected chi connectivity index (χ3v) is 1.68. The van der Waals surface area contributed by atoms with Crippen molar-refractivity contribution in [2.45, 2.75) is 25.9 Å². The summed E-state index contributed by atoms with van der Waals surface area (Å²) in [6, 6.07) is 0. The number of nitrogens with zero attached hydrogens (tertiary/aromatic N) is 1. The van der Waals surface area contributed by atoms with E-state index in [2.05, 4.69) is 9.97 Å². The van der Waals surface area contributed by atoms with Crippen LogP contribution >= 0.6 is 0 Å². The second kappa shape index (κ2) is 4.01. The zero-order valence-electron chi connectivity index (χ0n) is 6.95. The lowest BCUT2D eigenvalue weighted by Gasteiger charge is -2.04. The minimum atomic E-state index is -0.904. The van der Waals surface area contributed by atoms with E-state index in [1.54, 1.807) is 13.1 Å². The summed E-state index contributed by atoms with van der Waals surface area (Å²) in [5.41, 5.74) is 0.712.